The van der Waals surface area contributed by atoms with Crippen molar-refractivity contribution in [2.75, 3.05) is 12.0 Å². The van der Waals surface area contributed by atoms with Crippen LogP contribution in [0.25, 0.3) is 0 Å². The van der Waals surface area contributed by atoms with Crippen LogP contribution in [-0.2, 0) is 15.7 Å². The molecular formula is C14H14BrF3N2O2. The second kappa shape index (κ2) is 5.91. The molecule has 8 heteroatoms. The minimum atomic E-state index is -4.53. The highest BCUT2D eigenvalue weighted by Gasteiger charge is 2.40. The van der Waals surface area contributed by atoms with E-state index in [2.05, 4.69) is 20.9 Å². The first-order valence-electron chi connectivity index (χ1n) is 6.53. The van der Waals surface area contributed by atoms with E-state index in [0.717, 1.165) is 12.3 Å². The zero-order valence-corrected chi connectivity index (χ0v) is 13.7. The Morgan fingerprint density at radius 2 is 2.09 bits per heavy atom. The van der Waals surface area contributed by atoms with Gasteiger partial charge in [-0.1, -0.05) is 6.92 Å². The Labute approximate surface area is 134 Å². The molecule has 1 aromatic heterocycles. The highest BCUT2D eigenvalue weighted by atomic mass is 79.9. The van der Waals surface area contributed by atoms with E-state index in [1.165, 1.54) is 12.0 Å². The lowest BCUT2D eigenvalue weighted by Crippen LogP contribution is -2.36. The predicted molar refractivity (Wildman–Crippen MR) is 78.2 cm³/mol. The Kier molecular flexibility index (Phi) is 4.51. The number of hydrogen-bond donors (Lipinski definition) is 0. The minimum absolute atomic E-state index is 0.0428. The molecule has 1 aliphatic rings. The van der Waals surface area contributed by atoms with Crippen molar-refractivity contribution in [1.29, 1.82) is 0 Å². The van der Waals surface area contributed by atoms with E-state index >= 15 is 0 Å². The van der Waals surface area contributed by atoms with Crippen LogP contribution in [-0.4, -0.2) is 24.0 Å². The van der Waals surface area contributed by atoms with Crippen molar-refractivity contribution in [3.05, 3.63) is 33.6 Å². The van der Waals surface area contributed by atoms with Crippen molar-refractivity contribution < 1.29 is 22.7 Å². The van der Waals surface area contributed by atoms with E-state index in [4.69, 9.17) is 4.74 Å². The van der Waals surface area contributed by atoms with Gasteiger partial charge in [0, 0.05) is 10.7 Å². The van der Waals surface area contributed by atoms with E-state index in [1.807, 2.05) is 6.92 Å². The van der Waals surface area contributed by atoms with Gasteiger partial charge in [-0.05, 0) is 35.3 Å². The Morgan fingerprint density at radius 3 is 2.59 bits per heavy atom. The van der Waals surface area contributed by atoms with Crippen LogP contribution < -0.4 is 4.90 Å². The molecule has 0 spiro atoms. The molecular weight excluding hydrogens is 365 g/mol. The van der Waals surface area contributed by atoms with E-state index in [9.17, 15) is 18.0 Å². The number of aromatic nitrogens is 1. The zero-order valence-electron chi connectivity index (χ0n) is 12.2. The third kappa shape index (κ3) is 2.71. The molecule has 2 rings (SSSR count). The van der Waals surface area contributed by atoms with Crippen LogP contribution in [0, 0.1) is 0 Å². The standard InChI is InChI=1S/C14H14BrF3N2O2/c1-4-10-12(22-3)7(2)13(21)20(10)11-5-8(14(16,17)18)9(15)6-19-11/h5-6,10H,4H2,1-3H3. The van der Waals surface area contributed by atoms with Crippen molar-refractivity contribution in [1.82, 2.24) is 4.98 Å². The molecule has 0 aliphatic carbocycles. The Balaban J connectivity index is 2.51. The second-order valence-electron chi connectivity index (χ2n) is 4.81. The summed E-state index contributed by atoms with van der Waals surface area (Å²) in [5, 5.41) is 0. The van der Waals surface area contributed by atoms with Crippen LogP contribution in [0.2, 0.25) is 0 Å². The average Bonchev–Trinajstić information content (AvgIpc) is 2.69. The number of ether oxygens (including phenoxy) is 1. The Morgan fingerprint density at radius 1 is 1.45 bits per heavy atom. The van der Waals surface area contributed by atoms with Gasteiger partial charge in [0.15, 0.2) is 0 Å². The van der Waals surface area contributed by atoms with Crippen LogP contribution in [0.4, 0.5) is 19.0 Å². The highest BCUT2D eigenvalue weighted by Crippen LogP contribution is 2.38. The van der Waals surface area contributed by atoms with Crippen molar-refractivity contribution in [2.24, 2.45) is 0 Å². The molecule has 0 radical (unpaired) electrons. The maximum Gasteiger partial charge on any atom is 0.417 e. The summed E-state index contributed by atoms with van der Waals surface area (Å²) in [6.45, 7) is 3.42. The summed E-state index contributed by atoms with van der Waals surface area (Å²) in [5.74, 6) is 0.0243. The first kappa shape index (κ1) is 16.8. The summed E-state index contributed by atoms with van der Waals surface area (Å²) in [7, 11) is 1.44. The molecule has 120 valence electrons. The maximum absolute atomic E-state index is 13.0. The number of rotatable bonds is 3. The summed E-state index contributed by atoms with van der Waals surface area (Å²) < 4.78 is 44.1. The van der Waals surface area contributed by atoms with Crippen molar-refractivity contribution in [2.45, 2.75) is 32.5 Å². The fourth-order valence-corrected chi connectivity index (χ4v) is 2.93. The summed E-state index contributed by atoms with van der Waals surface area (Å²) in [4.78, 5) is 17.6. The normalized spacial score (nSPS) is 19.1. The molecule has 0 N–H and O–H groups in total. The van der Waals surface area contributed by atoms with Gasteiger partial charge in [-0.25, -0.2) is 4.98 Å². The number of methoxy groups -OCH3 is 1. The predicted octanol–water partition coefficient (Wildman–Crippen LogP) is 3.91. The number of carbonyl (C=O) groups excluding carboxylic acids is 1. The first-order chi connectivity index (χ1) is 10.2. The summed E-state index contributed by atoms with van der Waals surface area (Å²) >= 11 is 2.84. The lowest BCUT2D eigenvalue weighted by Gasteiger charge is -2.25. The largest absolute Gasteiger partial charge is 0.498 e. The van der Waals surface area contributed by atoms with Crippen LogP contribution in [0.3, 0.4) is 0 Å². The van der Waals surface area contributed by atoms with Crippen molar-refractivity contribution in [3.63, 3.8) is 0 Å². The van der Waals surface area contributed by atoms with E-state index < -0.39 is 23.7 Å². The molecule has 0 saturated carbocycles. The molecule has 1 amide bonds. The molecule has 22 heavy (non-hydrogen) atoms. The number of hydrogen-bond acceptors (Lipinski definition) is 3. The second-order valence-corrected chi connectivity index (χ2v) is 5.67. The third-order valence-corrected chi connectivity index (χ3v) is 4.16. The van der Waals surface area contributed by atoms with Gasteiger partial charge in [0.05, 0.1) is 24.3 Å². The van der Waals surface area contributed by atoms with Crippen molar-refractivity contribution in [3.8, 4) is 0 Å². The molecule has 4 nitrogen and oxygen atoms in total. The maximum atomic E-state index is 13.0. The zero-order chi connectivity index (χ0) is 16.7. The number of nitrogens with zero attached hydrogens (tertiary/aromatic N) is 2. The number of carbonyl (C=O) groups is 1. The molecule has 0 saturated heterocycles. The molecule has 1 aliphatic heterocycles. The SMILES string of the molecule is CCC1C(OC)=C(C)C(=O)N1c1cc(C(F)(F)F)c(Br)cn1. The third-order valence-electron chi connectivity index (χ3n) is 3.52. The quantitative estimate of drug-likeness (QED) is 0.800. The van der Waals surface area contributed by atoms with Crippen LogP contribution in [0.5, 0.6) is 0 Å². The number of amides is 1. The summed E-state index contributed by atoms with van der Waals surface area (Å²) in [5.41, 5.74) is -0.490. The van der Waals surface area contributed by atoms with Crippen molar-refractivity contribution >= 4 is 27.7 Å². The highest BCUT2D eigenvalue weighted by molar-refractivity contribution is 9.10. The van der Waals surface area contributed by atoms with Gasteiger partial charge < -0.3 is 4.74 Å². The Hall–Kier alpha value is -1.57. The monoisotopic (exact) mass is 378 g/mol. The minimum Gasteiger partial charge on any atom is -0.498 e. The van der Waals surface area contributed by atoms with Gasteiger partial charge in [-0.3, -0.25) is 9.69 Å². The van der Waals surface area contributed by atoms with Crippen LogP contribution in [0.1, 0.15) is 25.8 Å². The van der Waals surface area contributed by atoms with E-state index in [1.54, 1.807) is 6.92 Å². The van der Waals surface area contributed by atoms with E-state index in [-0.39, 0.29) is 10.3 Å². The number of alkyl halides is 3. The Bertz CT molecular complexity index is 643. The fraction of sp³-hybridized carbons (Fsp3) is 0.429. The van der Waals surface area contributed by atoms with Crippen LogP contribution >= 0.6 is 15.9 Å². The first-order valence-corrected chi connectivity index (χ1v) is 7.32. The van der Waals surface area contributed by atoms with Gasteiger partial charge in [0.25, 0.3) is 5.91 Å². The molecule has 1 unspecified atom stereocenters. The van der Waals surface area contributed by atoms with Gasteiger partial charge >= 0.3 is 6.18 Å². The van der Waals surface area contributed by atoms with Gasteiger partial charge in [-0.15, -0.1) is 0 Å². The number of pyridine rings is 1. The smallest absolute Gasteiger partial charge is 0.417 e. The summed E-state index contributed by atoms with van der Waals surface area (Å²) in [6.07, 6.45) is -2.97. The molecule has 1 atom stereocenters. The molecule has 0 bridgehead atoms. The van der Waals surface area contributed by atoms with Gasteiger partial charge in [0.1, 0.15) is 11.6 Å². The molecule has 2 heterocycles. The lowest BCUT2D eigenvalue weighted by molar-refractivity contribution is -0.138. The van der Waals surface area contributed by atoms with E-state index in [0.29, 0.717) is 17.8 Å². The van der Waals surface area contributed by atoms with Gasteiger partial charge in [-0.2, -0.15) is 13.2 Å². The molecule has 1 aromatic rings. The lowest BCUT2D eigenvalue weighted by atomic mass is 10.1. The fourth-order valence-electron chi connectivity index (χ4n) is 2.49. The van der Waals surface area contributed by atoms with Crippen LogP contribution in [0.15, 0.2) is 28.1 Å². The molecule has 0 aromatic carbocycles. The van der Waals surface area contributed by atoms with Gasteiger partial charge in [0.2, 0.25) is 0 Å². The number of halogens is 4. The topological polar surface area (TPSA) is 42.4 Å². The average molecular weight is 379 g/mol. The molecule has 0 fully saturated rings. The summed E-state index contributed by atoms with van der Waals surface area (Å²) in [6, 6.07) is 0.420. The number of anilines is 1.